The molecule has 16 heavy (non-hydrogen) atoms. The minimum atomic E-state index is 0.492. The average Bonchev–Trinajstić information content (AvgIpc) is 2.59. The van der Waals surface area contributed by atoms with Crippen LogP contribution in [0.3, 0.4) is 0 Å². The Balaban J connectivity index is 2.30. The summed E-state index contributed by atoms with van der Waals surface area (Å²) in [5.41, 5.74) is 0. The lowest BCUT2D eigenvalue weighted by atomic mass is 10.1. The van der Waals surface area contributed by atoms with Crippen LogP contribution in [0.5, 0.6) is 0 Å². The largest absolute Gasteiger partial charge is 0.351 e. The first-order chi connectivity index (χ1) is 7.63. The molecule has 0 amide bonds. The predicted molar refractivity (Wildman–Crippen MR) is 75.7 cm³/mol. The third kappa shape index (κ3) is 2.39. The van der Waals surface area contributed by atoms with Gasteiger partial charge in [0.2, 0.25) is 0 Å². The summed E-state index contributed by atoms with van der Waals surface area (Å²) in [6.45, 7) is 3.31. The molecular weight excluding hydrogens is 355 g/mol. The monoisotopic (exact) mass is 366 g/mol. The number of aromatic nitrogens is 1. The molecule has 0 bridgehead atoms. The summed E-state index contributed by atoms with van der Waals surface area (Å²) in [6, 6.07) is 2.39. The predicted octanol–water partition coefficient (Wildman–Crippen LogP) is 4.11. The van der Waals surface area contributed by atoms with Crippen molar-refractivity contribution < 1.29 is 0 Å². The minimum Gasteiger partial charge on any atom is -0.351 e. The highest BCUT2D eigenvalue weighted by Crippen LogP contribution is 2.34. The molecule has 1 aliphatic rings. The zero-order chi connectivity index (χ0) is 11.7. The van der Waals surface area contributed by atoms with Crippen LogP contribution in [-0.2, 0) is 0 Å². The van der Waals surface area contributed by atoms with Crippen LogP contribution in [0.4, 0.5) is 5.82 Å². The maximum absolute atomic E-state index is 6.23. The Bertz CT molecular complexity index is 386. The van der Waals surface area contributed by atoms with E-state index >= 15 is 0 Å². The zero-order valence-electron chi connectivity index (χ0n) is 8.96. The molecule has 2 atom stereocenters. The van der Waals surface area contributed by atoms with Crippen molar-refractivity contribution in [3.63, 3.8) is 0 Å². The molecule has 88 valence electrons. The molecule has 0 aliphatic carbocycles. The molecule has 2 rings (SSSR count). The Morgan fingerprint density at radius 1 is 1.62 bits per heavy atom. The van der Waals surface area contributed by atoms with Crippen molar-refractivity contribution >= 4 is 49.3 Å². The summed E-state index contributed by atoms with van der Waals surface area (Å²) in [7, 11) is 0. The molecule has 1 aromatic rings. The molecule has 0 aromatic carbocycles. The van der Waals surface area contributed by atoms with Gasteiger partial charge >= 0.3 is 0 Å². The minimum absolute atomic E-state index is 0.492. The summed E-state index contributed by atoms with van der Waals surface area (Å²) in [4.78, 5) is 6.72. The summed E-state index contributed by atoms with van der Waals surface area (Å²) in [5, 5.41) is 1.68. The third-order valence-electron chi connectivity index (χ3n) is 3.10. The van der Waals surface area contributed by atoms with Crippen molar-refractivity contribution in [2.75, 3.05) is 16.8 Å². The van der Waals surface area contributed by atoms with Crippen LogP contribution in [0.1, 0.15) is 13.3 Å². The van der Waals surface area contributed by atoms with Crippen LogP contribution in [0.2, 0.25) is 5.02 Å². The molecular formula is C11H13Br2ClN2. The Morgan fingerprint density at radius 3 is 3.00 bits per heavy atom. The molecule has 0 radical (unpaired) electrons. The van der Waals surface area contributed by atoms with Crippen LogP contribution in [0.25, 0.3) is 0 Å². The number of nitrogens with zero attached hydrogens (tertiary/aromatic N) is 2. The molecule has 1 fully saturated rings. The highest BCUT2D eigenvalue weighted by Gasteiger charge is 2.32. The van der Waals surface area contributed by atoms with Gasteiger partial charge in [0.15, 0.2) is 0 Å². The average molecular weight is 368 g/mol. The molecule has 1 aromatic heterocycles. The normalized spacial score (nSPS) is 25.1. The van der Waals surface area contributed by atoms with E-state index in [1.54, 1.807) is 6.20 Å². The van der Waals surface area contributed by atoms with Crippen molar-refractivity contribution in [2.45, 2.75) is 19.4 Å². The zero-order valence-corrected chi connectivity index (χ0v) is 12.9. The number of hydrogen-bond donors (Lipinski definition) is 0. The number of rotatable bonds is 2. The first kappa shape index (κ1) is 12.7. The standard InChI is InChI=1S/C11H13Br2ClN2/c1-7-2-3-16(10(7)5-12)11-9(14)4-8(13)6-15-11/h4,6-7,10H,2-3,5H2,1H3. The lowest BCUT2D eigenvalue weighted by molar-refractivity contribution is 0.553. The van der Waals surface area contributed by atoms with Gasteiger partial charge in [0.25, 0.3) is 0 Å². The molecule has 2 heterocycles. The molecule has 0 N–H and O–H groups in total. The van der Waals surface area contributed by atoms with E-state index in [1.807, 2.05) is 6.07 Å². The highest BCUT2D eigenvalue weighted by molar-refractivity contribution is 9.10. The highest BCUT2D eigenvalue weighted by atomic mass is 79.9. The molecule has 0 saturated carbocycles. The number of hydrogen-bond acceptors (Lipinski definition) is 2. The molecule has 2 unspecified atom stereocenters. The molecule has 2 nitrogen and oxygen atoms in total. The second-order valence-corrected chi connectivity index (χ2v) is 6.11. The van der Waals surface area contributed by atoms with Crippen molar-refractivity contribution in [1.82, 2.24) is 4.98 Å². The second kappa shape index (κ2) is 5.23. The van der Waals surface area contributed by atoms with Gasteiger partial charge in [-0.1, -0.05) is 34.5 Å². The summed E-state index contributed by atoms with van der Waals surface area (Å²) in [5.74, 6) is 1.58. The smallest absolute Gasteiger partial charge is 0.147 e. The summed E-state index contributed by atoms with van der Waals surface area (Å²) >= 11 is 13.2. The quantitative estimate of drug-likeness (QED) is 0.731. The van der Waals surface area contributed by atoms with E-state index in [2.05, 4.69) is 48.7 Å². The maximum atomic E-state index is 6.23. The maximum Gasteiger partial charge on any atom is 0.147 e. The molecule has 1 aliphatic heterocycles. The first-order valence-corrected chi connectivity index (χ1v) is 7.56. The third-order valence-corrected chi connectivity index (χ3v) is 4.48. The molecule has 5 heteroatoms. The fraction of sp³-hybridized carbons (Fsp3) is 0.545. The van der Waals surface area contributed by atoms with E-state index in [0.717, 1.165) is 27.2 Å². The van der Waals surface area contributed by atoms with Gasteiger partial charge in [-0.25, -0.2) is 4.98 Å². The van der Waals surface area contributed by atoms with Crippen LogP contribution in [0.15, 0.2) is 16.7 Å². The van der Waals surface area contributed by atoms with Crippen LogP contribution >= 0.6 is 43.5 Å². The lowest BCUT2D eigenvalue weighted by Crippen LogP contribution is -2.34. The van der Waals surface area contributed by atoms with Crippen LogP contribution in [0, 0.1) is 5.92 Å². The van der Waals surface area contributed by atoms with Gasteiger partial charge < -0.3 is 4.90 Å². The van der Waals surface area contributed by atoms with E-state index in [9.17, 15) is 0 Å². The van der Waals surface area contributed by atoms with E-state index < -0.39 is 0 Å². The van der Waals surface area contributed by atoms with Crippen molar-refractivity contribution in [1.29, 1.82) is 0 Å². The van der Waals surface area contributed by atoms with Gasteiger partial charge in [-0.3, -0.25) is 0 Å². The summed E-state index contributed by atoms with van der Waals surface area (Å²) in [6.07, 6.45) is 3.00. The Labute approximate surface area is 118 Å². The van der Waals surface area contributed by atoms with E-state index in [-0.39, 0.29) is 0 Å². The van der Waals surface area contributed by atoms with Gasteiger partial charge in [-0.05, 0) is 34.3 Å². The first-order valence-electron chi connectivity index (χ1n) is 5.27. The Morgan fingerprint density at radius 2 is 2.38 bits per heavy atom. The van der Waals surface area contributed by atoms with Gasteiger partial charge in [0.05, 0.1) is 5.02 Å². The molecule has 1 saturated heterocycles. The van der Waals surface area contributed by atoms with Crippen molar-refractivity contribution in [3.8, 4) is 0 Å². The second-order valence-electron chi connectivity index (χ2n) is 4.14. The van der Waals surface area contributed by atoms with Crippen LogP contribution < -0.4 is 4.90 Å². The van der Waals surface area contributed by atoms with E-state index in [4.69, 9.17) is 11.6 Å². The SMILES string of the molecule is CC1CCN(c2ncc(Br)cc2Cl)C1CBr. The fourth-order valence-corrected chi connectivity index (χ4v) is 3.85. The summed E-state index contributed by atoms with van der Waals surface area (Å²) < 4.78 is 0.920. The number of anilines is 1. The lowest BCUT2D eigenvalue weighted by Gasteiger charge is -2.27. The van der Waals surface area contributed by atoms with Gasteiger partial charge in [0.1, 0.15) is 5.82 Å². The topological polar surface area (TPSA) is 16.1 Å². The van der Waals surface area contributed by atoms with Gasteiger partial charge in [-0.2, -0.15) is 0 Å². The number of halogens is 3. The van der Waals surface area contributed by atoms with E-state index in [1.165, 1.54) is 6.42 Å². The van der Waals surface area contributed by atoms with E-state index in [0.29, 0.717) is 12.0 Å². The number of pyridine rings is 1. The van der Waals surface area contributed by atoms with Crippen molar-refractivity contribution in [3.05, 3.63) is 21.8 Å². The molecule has 0 spiro atoms. The number of alkyl halides is 1. The van der Waals surface area contributed by atoms with Gasteiger partial charge in [-0.15, -0.1) is 0 Å². The fourth-order valence-electron chi connectivity index (χ4n) is 2.13. The van der Waals surface area contributed by atoms with Crippen molar-refractivity contribution in [2.24, 2.45) is 5.92 Å². The van der Waals surface area contributed by atoms with Crippen LogP contribution in [-0.4, -0.2) is 22.9 Å². The van der Waals surface area contributed by atoms with Gasteiger partial charge in [0, 0.05) is 28.6 Å². The Hall–Kier alpha value is 0.200. The Kier molecular flexibility index (Phi) is 4.14.